The number of methoxy groups -OCH3 is 1. The summed E-state index contributed by atoms with van der Waals surface area (Å²) in [5, 5.41) is 10.1. The highest BCUT2D eigenvalue weighted by Gasteiger charge is 2.37. The van der Waals surface area contributed by atoms with Gasteiger partial charge in [-0.15, -0.1) is 0 Å². The van der Waals surface area contributed by atoms with E-state index in [4.69, 9.17) is 4.74 Å². The van der Waals surface area contributed by atoms with Gasteiger partial charge in [0, 0.05) is 39.5 Å². The summed E-state index contributed by atoms with van der Waals surface area (Å²) in [6, 6.07) is 7.53. The lowest BCUT2D eigenvalue weighted by Crippen LogP contribution is -2.33. The molecule has 0 radical (unpaired) electrons. The van der Waals surface area contributed by atoms with Crippen LogP contribution in [-0.4, -0.2) is 74.8 Å². The first-order chi connectivity index (χ1) is 11.7. The van der Waals surface area contributed by atoms with Gasteiger partial charge in [0.1, 0.15) is 5.75 Å². The molecule has 1 heterocycles. The Bertz CT molecular complexity index is 687. The van der Waals surface area contributed by atoms with Crippen LogP contribution < -0.4 is 4.74 Å². The van der Waals surface area contributed by atoms with Gasteiger partial charge in [-0.2, -0.15) is 0 Å². The Morgan fingerprint density at radius 1 is 1.28 bits per heavy atom. The minimum absolute atomic E-state index is 0.0698. The summed E-state index contributed by atoms with van der Waals surface area (Å²) in [5.74, 6) is 0.100. The average Bonchev–Trinajstić information content (AvgIpc) is 2.93. The first-order valence-electron chi connectivity index (χ1n) is 8.22. The zero-order chi connectivity index (χ0) is 18.6. The number of benzene rings is 1. The van der Waals surface area contributed by atoms with Gasteiger partial charge >= 0.3 is 0 Å². The Kier molecular flexibility index (Phi) is 6.42. The minimum Gasteiger partial charge on any atom is -0.497 e. The molecule has 1 saturated heterocycles. The molecule has 1 amide bonds. The van der Waals surface area contributed by atoms with Crippen molar-refractivity contribution >= 4 is 15.9 Å². The van der Waals surface area contributed by atoms with Crippen LogP contribution in [-0.2, 0) is 21.2 Å². The summed E-state index contributed by atoms with van der Waals surface area (Å²) < 4.78 is 30.2. The number of likely N-dealkylation sites (tertiary alicyclic amines) is 1. The van der Waals surface area contributed by atoms with Crippen LogP contribution in [0.2, 0.25) is 0 Å². The largest absolute Gasteiger partial charge is 0.497 e. The number of ether oxygens (including phenoxy) is 1. The highest BCUT2D eigenvalue weighted by Crippen LogP contribution is 2.21. The molecule has 2 rings (SSSR count). The van der Waals surface area contributed by atoms with E-state index in [0.717, 1.165) is 15.6 Å². The number of sulfonamides is 1. The van der Waals surface area contributed by atoms with E-state index >= 15 is 0 Å². The van der Waals surface area contributed by atoms with E-state index in [9.17, 15) is 18.3 Å². The van der Waals surface area contributed by atoms with Crippen LogP contribution in [0.15, 0.2) is 24.3 Å². The predicted octanol–water partition coefficient (Wildman–Crippen LogP) is 0.339. The maximum atomic E-state index is 12.4. The van der Waals surface area contributed by atoms with E-state index < -0.39 is 22.0 Å². The second-order valence-corrected chi connectivity index (χ2v) is 8.76. The molecule has 7 nitrogen and oxygen atoms in total. The lowest BCUT2D eigenvalue weighted by Gasteiger charge is -2.18. The molecule has 0 spiro atoms. The molecule has 0 unspecified atom stereocenters. The van der Waals surface area contributed by atoms with Crippen molar-refractivity contribution in [3.63, 3.8) is 0 Å². The van der Waals surface area contributed by atoms with Crippen molar-refractivity contribution in [1.82, 2.24) is 9.21 Å². The number of hydrogen-bond acceptors (Lipinski definition) is 5. The quantitative estimate of drug-likeness (QED) is 0.748. The van der Waals surface area contributed by atoms with Crippen LogP contribution in [0.1, 0.15) is 12.0 Å². The van der Waals surface area contributed by atoms with E-state index in [2.05, 4.69) is 0 Å². The van der Waals surface area contributed by atoms with Crippen molar-refractivity contribution in [3.05, 3.63) is 29.8 Å². The predicted molar refractivity (Wildman–Crippen MR) is 94.9 cm³/mol. The van der Waals surface area contributed by atoms with E-state index in [1.54, 1.807) is 12.0 Å². The van der Waals surface area contributed by atoms with Crippen LogP contribution >= 0.6 is 0 Å². The van der Waals surface area contributed by atoms with Gasteiger partial charge in [-0.3, -0.25) is 4.79 Å². The fraction of sp³-hybridized carbons (Fsp3) is 0.588. The molecule has 0 bridgehead atoms. The number of carbonyl (C=O) groups excluding carboxylic acids is 1. The number of β-amino-alcohol motifs (C(OH)–C–C–N with tert-alkyl or cyclic N) is 1. The molecule has 0 aromatic heterocycles. The molecule has 1 N–H and O–H groups in total. The highest BCUT2D eigenvalue weighted by molar-refractivity contribution is 7.89. The third-order valence-electron chi connectivity index (χ3n) is 4.53. The highest BCUT2D eigenvalue weighted by atomic mass is 32.2. The van der Waals surface area contributed by atoms with Gasteiger partial charge in [-0.05, 0) is 24.1 Å². The minimum atomic E-state index is -3.40. The van der Waals surface area contributed by atoms with Crippen molar-refractivity contribution in [1.29, 1.82) is 0 Å². The molecular formula is C17H26N2O5S. The summed E-state index contributed by atoms with van der Waals surface area (Å²) in [5.41, 5.74) is 1.03. The summed E-state index contributed by atoms with van der Waals surface area (Å²) >= 11 is 0. The van der Waals surface area contributed by atoms with Gasteiger partial charge in [-0.25, -0.2) is 12.7 Å². The number of aliphatic hydroxyl groups excluding tert-OH is 1. The molecule has 1 aromatic carbocycles. The Morgan fingerprint density at radius 3 is 2.48 bits per heavy atom. The molecule has 2 atom stereocenters. The molecule has 25 heavy (non-hydrogen) atoms. The normalized spacial score (nSPS) is 20.9. The fourth-order valence-corrected chi connectivity index (χ4v) is 4.01. The lowest BCUT2D eigenvalue weighted by atomic mass is 10.1. The topological polar surface area (TPSA) is 87.2 Å². The molecule has 0 saturated carbocycles. The Hall–Kier alpha value is -1.64. The van der Waals surface area contributed by atoms with Crippen LogP contribution in [0.5, 0.6) is 5.75 Å². The lowest BCUT2D eigenvalue weighted by molar-refractivity contribution is -0.130. The number of amides is 1. The SMILES string of the molecule is COc1ccc(CCC(=O)N2C[C@@H](CS(=O)(=O)N(C)C)[C@@H](O)C2)cc1. The standard InChI is InChI=1S/C17H26N2O5S/c1-18(2)25(22,23)12-14-10-19(11-16(14)20)17(21)9-6-13-4-7-15(24-3)8-5-13/h4-5,7-8,14,16,20H,6,9-12H2,1-3H3/t14-,16-/m0/s1. The summed E-state index contributed by atoms with van der Waals surface area (Å²) in [6.45, 7) is 0.463. The van der Waals surface area contributed by atoms with Crippen molar-refractivity contribution in [2.45, 2.75) is 18.9 Å². The Morgan fingerprint density at radius 2 is 1.92 bits per heavy atom. The zero-order valence-corrected chi connectivity index (χ0v) is 15.7. The van der Waals surface area contributed by atoms with Gasteiger partial charge in [-0.1, -0.05) is 12.1 Å². The first kappa shape index (κ1) is 19.7. The molecule has 1 fully saturated rings. The van der Waals surface area contributed by atoms with Crippen molar-refractivity contribution in [3.8, 4) is 5.75 Å². The maximum absolute atomic E-state index is 12.4. The molecule has 1 aliphatic rings. The van der Waals surface area contributed by atoms with Crippen LogP contribution in [0, 0.1) is 5.92 Å². The Labute approximate surface area is 149 Å². The monoisotopic (exact) mass is 370 g/mol. The van der Waals surface area contributed by atoms with E-state index in [0.29, 0.717) is 12.8 Å². The van der Waals surface area contributed by atoms with Gasteiger partial charge in [0.05, 0.1) is 19.0 Å². The number of aliphatic hydroxyl groups is 1. The van der Waals surface area contributed by atoms with Crippen molar-refractivity contribution < 1.29 is 23.1 Å². The molecular weight excluding hydrogens is 344 g/mol. The summed E-state index contributed by atoms with van der Waals surface area (Å²) in [6.07, 6.45) is 0.113. The molecule has 0 aliphatic carbocycles. The molecule has 140 valence electrons. The second kappa shape index (κ2) is 8.16. The van der Waals surface area contributed by atoms with Crippen LogP contribution in [0.3, 0.4) is 0 Å². The van der Waals surface area contributed by atoms with E-state index in [1.165, 1.54) is 14.1 Å². The first-order valence-corrected chi connectivity index (χ1v) is 9.83. The van der Waals surface area contributed by atoms with E-state index in [1.807, 2.05) is 24.3 Å². The third-order valence-corrected chi connectivity index (χ3v) is 6.49. The maximum Gasteiger partial charge on any atom is 0.223 e. The van der Waals surface area contributed by atoms with Crippen molar-refractivity contribution in [2.75, 3.05) is 40.0 Å². The third kappa shape index (κ3) is 5.17. The van der Waals surface area contributed by atoms with Gasteiger partial charge in [0.25, 0.3) is 0 Å². The number of aryl methyl sites for hydroxylation is 1. The second-order valence-electron chi connectivity index (χ2n) is 6.54. The number of rotatable bonds is 7. The van der Waals surface area contributed by atoms with E-state index in [-0.39, 0.29) is 24.7 Å². The fourth-order valence-electron chi connectivity index (χ4n) is 2.84. The van der Waals surface area contributed by atoms with Crippen LogP contribution in [0.25, 0.3) is 0 Å². The summed E-state index contributed by atoms with van der Waals surface area (Å²) in [4.78, 5) is 13.9. The van der Waals surface area contributed by atoms with Gasteiger partial charge in [0.15, 0.2) is 0 Å². The number of nitrogens with zero attached hydrogens (tertiary/aromatic N) is 2. The smallest absolute Gasteiger partial charge is 0.223 e. The average molecular weight is 370 g/mol. The molecule has 1 aromatic rings. The number of hydrogen-bond donors (Lipinski definition) is 1. The van der Waals surface area contributed by atoms with Gasteiger partial charge in [0.2, 0.25) is 15.9 Å². The molecule has 8 heteroatoms. The van der Waals surface area contributed by atoms with Crippen LogP contribution in [0.4, 0.5) is 0 Å². The van der Waals surface area contributed by atoms with Crippen molar-refractivity contribution in [2.24, 2.45) is 5.92 Å². The zero-order valence-electron chi connectivity index (χ0n) is 14.9. The summed E-state index contributed by atoms with van der Waals surface area (Å²) in [7, 11) is 1.13. The Balaban J connectivity index is 1.88. The number of carbonyl (C=O) groups is 1. The van der Waals surface area contributed by atoms with Gasteiger partial charge < -0.3 is 14.7 Å². The molecule has 1 aliphatic heterocycles.